The minimum Gasteiger partial charge on any atom is -0.324 e. The molecule has 1 fully saturated rings. The van der Waals surface area contributed by atoms with Crippen LogP contribution in [0.3, 0.4) is 0 Å². The number of Topliss-reactive ketones (excluding diaryl/α,β-unsaturated/α-hetero) is 1. The summed E-state index contributed by atoms with van der Waals surface area (Å²) in [6.07, 6.45) is 2.98. The first-order valence-electron chi connectivity index (χ1n) is 10.4. The number of likely N-dealkylation sites (N-methyl/N-ethyl adjacent to an activating group) is 1. The van der Waals surface area contributed by atoms with Crippen molar-refractivity contribution < 1.29 is 18.9 Å². The Kier molecular flexibility index (Phi) is 4.79. The van der Waals surface area contributed by atoms with Crippen LogP contribution in [-0.4, -0.2) is 40.1 Å². The van der Waals surface area contributed by atoms with Crippen molar-refractivity contribution in [2.45, 2.75) is 11.5 Å². The maximum atomic E-state index is 14.3. The lowest BCUT2D eigenvalue weighted by Gasteiger charge is -2.35. The van der Waals surface area contributed by atoms with Crippen LogP contribution in [0.25, 0.3) is 0 Å². The quantitative estimate of drug-likeness (QED) is 0.374. The lowest BCUT2D eigenvalue weighted by molar-refractivity contribution is -0.384. The maximum absolute atomic E-state index is 14.3. The second-order valence-corrected chi connectivity index (χ2v) is 8.33. The van der Waals surface area contributed by atoms with Crippen LogP contribution in [0.1, 0.15) is 27.4 Å². The lowest BCUT2D eigenvalue weighted by atomic mass is 9.70. The zero-order valence-electron chi connectivity index (χ0n) is 17.6. The molecule has 33 heavy (non-hydrogen) atoms. The molecule has 0 saturated carbocycles. The number of nitro groups is 1. The Morgan fingerprint density at radius 3 is 2.70 bits per heavy atom. The summed E-state index contributed by atoms with van der Waals surface area (Å²) in [6.45, 7) is 0.270. The van der Waals surface area contributed by atoms with Gasteiger partial charge < -0.3 is 5.32 Å². The number of benzene rings is 2. The molecule has 5 rings (SSSR count). The van der Waals surface area contributed by atoms with Gasteiger partial charge in [0.2, 0.25) is 5.91 Å². The molecule has 0 bridgehead atoms. The number of fused-ring (bicyclic) bond motifs is 2. The molecule has 2 aliphatic heterocycles. The molecule has 166 valence electrons. The van der Waals surface area contributed by atoms with Crippen molar-refractivity contribution in [3.05, 3.63) is 99.6 Å². The summed E-state index contributed by atoms with van der Waals surface area (Å²) in [5.41, 5.74) is 0.188. The predicted molar refractivity (Wildman–Crippen MR) is 117 cm³/mol. The number of hydrogen-bond acceptors (Lipinski definition) is 6. The van der Waals surface area contributed by atoms with Crippen LogP contribution >= 0.6 is 0 Å². The molecule has 1 amide bonds. The van der Waals surface area contributed by atoms with Gasteiger partial charge in [-0.1, -0.05) is 12.1 Å². The number of likely N-dealkylation sites (tertiary alicyclic amines) is 1. The Balaban J connectivity index is 1.74. The van der Waals surface area contributed by atoms with Crippen molar-refractivity contribution in [1.82, 2.24) is 9.88 Å². The van der Waals surface area contributed by atoms with Gasteiger partial charge in [-0.3, -0.25) is 29.6 Å². The van der Waals surface area contributed by atoms with E-state index in [-0.39, 0.29) is 18.0 Å². The van der Waals surface area contributed by atoms with E-state index < -0.39 is 34.0 Å². The van der Waals surface area contributed by atoms with Crippen LogP contribution < -0.4 is 5.32 Å². The highest BCUT2D eigenvalue weighted by molar-refractivity contribution is 6.12. The van der Waals surface area contributed by atoms with E-state index in [2.05, 4.69) is 10.3 Å². The van der Waals surface area contributed by atoms with E-state index in [4.69, 9.17) is 0 Å². The zero-order chi connectivity index (χ0) is 23.3. The Morgan fingerprint density at radius 1 is 1.21 bits per heavy atom. The molecule has 8 nitrogen and oxygen atoms in total. The Labute approximate surface area is 188 Å². The van der Waals surface area contributed by atoms with Gasteiger partial charge in [0.05, 0.1) is 10.8 Å². The van der Waals surface area contributed by atoms with Gasteiger partial charge in [-0.05, 0) is 42.9 Å². The number of rotatable bonds is 4. The number of hydrogen-bond donors (Lipinski definition) is 1. The van der Waals surface area contributed by atoms with Gasteiger partial charge in [-0.25, -0.2) is 4.39 Å². The fraction of sp³-hybridized carbons (Fsp3) is 0.208. The Morgan fingerprint density at radius 2 is 1.97 bits per heavy atom. The van der Waals surface area contributed by atoms with E-state index >= 15 is 0 Å². The largest absolute Gasteiger partial charge is 0.324 e. The topological polar surface area (TPSA) is 105 Å². The van der Waals surface area contributed by atoms with Crippen molar-refractivity contribution in [2.24, 2.45) is 5.92 Å². The summed E-state index contributed by atoms with van der Waals surface area (Å²) in [7, 11) is 1.71. The molecule has 1 saturated heterocycles. The monoisotopic (exact) mass is 446 g/mol. The van der Waals surface area contributed by atoms with Crippen molar-refractivity contribution in [1.29, 1.82) is 0 Å². The summed E-state index contributed by atoms with van der Waals surface area (Å²) in [5.74, 6) is -2.76. The maximum Gasteiger partial charge on any atom is 0.269 e. The number of nitrogens with one attached hydrogen (secondary N) is 1. The molecule has 3 atom stereocenters. The molecule has 1 spiro atoms. The minimum atomic E-state index is -1.47. The number of carbonyl (C=O) groups is 2. The van der Waals surface area contributed by atoms with Crippen molar-refractivity contribution in [2.75, 3.05) is 18.9 Å². The van der Waals surface area contributed by atoms with Gasteiger partial charge in [-0.15, -0.1) is 0 Å². The molecule has 0 radical (unpaired) electrons. The summed E-state index contributed by atoms with van der Waals surface area (Å²) in [5, 5.41) is 14.2. The number of non-ortho nitro benzene ring substituents is 1. The number of pyridine rings is 1. The molecule has 0 aliphatic carbocycles. The van der Waals surface area contributed by atoms with E-state index in [1.165, 1.54) is 42.7 Å². The van der Waals surface area contributed by atoms with Crippen LogP contribution in [0, 0.1) is 21.8 Å². The van der Waals surface area contributed by atoms with E-state index in [1.807, 2.05) is 0 Å². The van der Waals surface area contributed by atoms with Crippen LogP contribution in [0.5, 0.6) is 0 Å². The second kappa shape index (κ2) is 7.56. The number of ketones is 1. The Bertz CT molecular complexity index is 1300. The molecular formula is C24H19FN4O4. The molecule has 1 unspecified atom stereocenters. The SMILES string of the molecule is CN1C[C@H](c2cccc([N+](=O)[O-])c2)C(C(=O)c2ccncc2)[C@]12C(=O)Nc1ccc(F)cc12. The number of aromatic nitrogens is 1. The molecule has 9 heteroatoms. The summed E-state index contributed by atoms with van der Waals surface area (Å²) < 4.78 is 14.3. The van der Waals surface area contributed by atoms with Crippen LogP contribution in [0.15, 0.2) is 67.0 Å². The summed E-state index contributed by atoms with van der Waals surface area (Å²) in [4.78, 5) is 44.1. The molecule has 3 heterocycles. The number of amides is 1. The predicted octanol–water partition coefficient (Wildman–Crippen LogP) is 3.50. The van der Waals surface area contributed by atoms with Crippen LogP contribution in [-0.2, 0) is 10.3 Å². The first-order valence-corrected chi connectivity index (χ1v) is 10.4. The molecule has 2 aliphatic rings. The third kappa shape index (κ3) is 3.04. The molecule has 3 aromatic rings. The highest BCUT2D eigenvalue weighted by Gasteiger charge is 2.64. The van der Waals surface area contributed by atoms with Crippen LogP contribution in [0.4, 0.5) is 15.8 Å². The summed E-state index contributed by atoms with van der Waals surface area (Å²) in [6, 6.07) is 13.3. The third-order valence-corrected chi connectivity index (χ3v) is 6.67. The second-order valence-electron chi connectivity index (χ2n) is 8.33. The van der Waals surface area contributed by atoms with E-state index in [9.17, 15) is 24.1 Å². The molecule has 1 N–H and O–H groups in total. The standard InChI is InChI=1S/C24H19FN4O4/c1-28-13-18(15-3-2-4-17(11-15)29(32)33)21(22(30)14-7-9-26-10-8-14)24(28)19-12-16(25)5-6-20(19)27-23(24)31/h2-12,18,21H,13H2,1H3,(H,27,31)/t18-,21?,24-/m1/s1. The highest BCUT2D eigenvalue weighted by atomic mass is 19.1. The van der Waals surface area contributed by atoms with E-state index in [0.717, 1.165) is 0 Å². The van der Waals surface area contributed by atoms with Crippen molar-refractivity contribution >= 4 is 23.1 Å². The Hall–Kier alpha value is -3.98. The first-order chi connectivity index (χ1) is 15.8. The smallest absolute Gasteiger partial charge is 0.269 e. The molecule has 1 aromatic heterocycles. The number of anilines is 1. The van der Waals surface area contributed by atoms with E-state index in [0.29, 0.717) is 22.4 Å². The highest BCUT2D eigenvalue weighted by Crippen LogP contribution is 2.55. The number of nitro benzene ring substituents is 1. The van der Waals surface area contributed by atoms with Crippen molar-refractivity contribution in [3.8, 4) is 0 Å². The third-order valence-electron chi connectivity index (χ3n) is 6.67. The summed E-state index contributed by atoms with van der Waals surface area (Å²) >= 11 is 0. The number of halogens is 1. The average molecular weight is 446 g/mol. The molecule has 2 aromatic carbocycles. The van der Waals surface area contributed by atoms with Crippen molar-refractivity contribution in [3.63, 3.8) is 0 Å². The van der Waals surface area contributed by atoms with Gasteiger partial charge in [-0.2, -0.15) is 0 Å². The fourth-order valence-corrected chi connectivity index (χ4v) is 5.28. The van der Waals surface area contributed by atoms with Gasteiger partial charge in [0, 0.05) is 53.8 Å². The average Bonchev–Trinajstić information content (AvgIpc) is 3.29. The van der Waals surface area contributed by atoms with Gasteiger partial charge in [0.25, 0.3) is 5.69 Å². The molecular weight excluding hydrogens is 427 g/mol. The minimum absolute atomic E-state index is 0.103. The van der Waals surface area contributed by atoms with Gasteiger partial charge in [0.15, 0.2) is 5.78 Å². The lowest BCUT2D eigenvalue weighted by Crippen LogP contribution is -2.51. The van der Waals surface area contributed by atoms with Crippen LogP contribution in [0.2, 0.25) is 0 Å². The zero-order valence-corrected chi connectivity index (χ0v) is 17.6. The number of carbonyl (C=O) groups excluding carboxylic acids is 2. The first kappa shape index (κ1) is 20.9. The normalized spacial score (nSPS) is 24.0. The van der Waals surface area contributed by atoms with Gasteiger partial charge >= 0.3 is 0 Å². The van der Waals surface area contributed by atoms with E-state index in [1.54, 1.807) is 36.2 Å². The van der Waals surface area contributed by atoms with Gasteiger partial charge in [0.1, 0.15) is 11.4 Å². The fourth-order valence-electron chi connectivity index (χ4n) is 5.28. The number of nitrogens with zero attached hydrogens (tertiary/aromatic N) is 3.